The topological polar surface area (TPSA) is 114 Å². The Morgan fingerprint density at radius 3 is 2.79 bits per heavy atom. The Kier molecular flexibility index (Phi) is 6.69. The van der Waals surface area contributed by atoms with Crippen molar-refractivity contribution >= 4 is 55.5 Å². The van der Waals surface area contributed by atoms with Crippen LogP contribution in [-0.4, -0.2) is 70.5 Å². The van der Waals surface area contributed by atoms with Crippen molar-refractivity contribution in [2.45, 2.75) is 50.8 Å². The minimum Gasteiger partial charge on any atom is -0.480 e. The molecule has 3 aromatic heterocycles. The summed E-state index contributed by atoms with van der Waals surface area (Å²) in [6.07, 6.45) is 0.278. The van der Waals surface area contributed by atoms with Gasteiger partial charge in [0, 0.05) is 40.5 Å². The summed E-state index contributed by atoms with van der Waals surface area (Å²) in [7, 11) is 0. The first kappa shape index (κ1) is 27.3. The molecule has 6 heterocycles. The maximum absolute atomic E-state index is 13.9. The SMILES string of the molecule is C[C@@H]1N(c2cc(Br)cnc2O[C@H]2C[C@@H](C(=O)O)N(c3nc(C(F)F)nc4c3oc3ccccc34)C2)CCCC12COC2. The number of ether oxygens (including phenoxy) is 2. The van der Waals surface area contributed by atoms with Crippen molar-refractivity contribution in [3.8, 4) is 5.88 Å². The number of aliphatic carboxylic acids is 1. The number of fused-ring (bicyclic) bond motifs is 3. The Morgan fingerprint density at radius 2 is 2.05 bits per heavy atom. The van der Waals surface area contributed by atoms with E-state index in [0.29, 0.717) is 16.8 Å². The molecule has 0 bridgehead atoms. The largest absolute Gasteiger partial charge is 0.480 e. The van der Waals surface area contributed by atoms with Crippen LogP contribution in [0.3, 0.4) is 0 Å². The van der Waals surface area contributed by atoms with Gasteiger partial charge in [0.2, 0.25) is 5.88 Å². The predicted molar refractivity (Wildman–Crippen MR) is 153 cm³/mol. The lowest BCUT2D eigenvalue weighted by molar-refractivity contribution is -0.138. The van der Waals surface area contributed by atoms with E-state index >= 15 is 0 Å². The highest BCUT2D eigenvalue weighted by atomic mass is 79.9. The van der Waals surface area contributed by atoms with E-state index in [-0.39, 0.29) is 41.3 Å². The number of carboxylic acids is 1. The molecule has 1 N–H and O–H groups in total. The van der Waals surface area contributed by atoms with Crippen LogP contribution in [-0.2, 0) is 9.53 Å². The van der Waals surface area contributed by atoms with Gasteiger partial charge in [0.25, 0.3) is 6.43 Å². The lowest BCUT2D eigenvalue weighted by Crippen LogP contribution is -2.60. The van der Waals surface area contributed by atoms with Crippen molar-refractivity contribution in [2.24, 2.45) is 5.41 Å². The number of furan rings is 1. The number of aromatic nitrogens is 3. The molecule has 4 aromatic rings. The molecule has 3 saturated heterocycles. The summed E-state index contributed by atoms with van der Waals surface area (Å²) >= 11 is 3.54. The van der Waals surface area contributed by atoms with E-state index in [9.17, 15) is 18.7 Å². The van der Waals surface area contributed by atoms with Gasteiger partial charge in [-0.2, -0.15) is 0 Å². The molecule has 0 saturated carbocycles. The number of pyridine rings is 1. The van der Waals surface area contributed by atoms with Crippen molar-refractivity contribution in [2.75, 3.05) is 36.1 Å². The number of piperidine rings is 1. The van der Waals surface area contributed by atoms with Crippen LogP contribution in [0.1, 0.15) is 38.4 Å². The molecule has 42 heavy (non-hydrogen) atoms. The number of hydrogen-bond donors (Lipinski definition) is 1. The van der Waals surface area contributed by atoms with E-state index in [4.69, 9.17) is 13.9 Å². The monoisotopic (exact) mass is 643 g/mol. The number of nitrogens with zero attached hydrogens (tertiary/aromatic N) is 5. The number of rotatable bonds is 6. The lowest BCUT2D eigenvalue weighted by Gasteiger charge is -2.54. The second-order valence-electron chi connectivity index (χ2n) is 11.3. The first-order valence-electron chi connectivity index (χ1n) is 13.9. The maximum Gasteiger partial charge on any atom is 0.326 e. The molecule has 0 unspecified atom stereocenters. The average molecular weight is 644 g/mol. The quantitative estimate of drug-likeness (QED) is 0.285. The van der Waals surface area contributed by atoms with E-state index in [1.54, 1.807) is 30.5 Å². The average Bonchev–Trinajstić information content (AvgIpc) is 3.54. The molecule has 0 aliphatic carbocycles. The molecule has 13 heteroatoms. The summed E-state index contributed by atoms with van der Waals surface area (Å²) in [6.45, 7) is 4.53. The first-order valence-corrected chi connectivity index (χ1v) is 14.7. The molecule has 0 radical (unpaired) electrons. The summed E-state index contributed by atoms with van der Waals surface area (Å²) < 4.78 is 46.6. The normalized spacial score (nSPS) is 23.7. The highest BCUT2D eigenvalue weighted by Crippen LogP contribution is 2.46. The zero-order valence-electron chi connectivity index (χ0n) is 22.7. The summed E-state index contributed by atoms with van der Waals surface area (Å²) in [4.78, 5) is 29.0. The summed E-state index contributed by atoms with van der Waals surface area (Å²) in [5, 5.41) is 10.7. The Bertz CT molecular complexity index is 1680. The lowest BCUT2D eigenvalue weighted by atomic mass is 9.72. The van der Waals surface area contributed by atoms with E-state index in [1.807, 2.05) is 6.07 Å². The van der Waals surface area contributed by atoms with Crippen molar-refractivity contribution in [3.63, 3.8) is 0 Å². The van der Waals surface area contributed by atoms with Crippen molar-refractivity contribution in [3.05, 3.63) is 46.8 Å². The van der Waals surface area contributed by atoms with Gasteiger partial charge in [0.05, 0.1) is 19.8 Å². The molecule has 1 spiro atoms. The minimum absolute atomic E-state index is 0.00515. The van der Waals surface area contributed by atoms with Crippen LogP contribution in [0, 0.1) is 5.41 Å². The third kappa shape index (κ3) is 4.44. The van der Waals surface area contributed by atoms with Crippen LogP contribution in [0.4, 0.5) is 20.3 Å². The van der Waals surface area contributed by atoms with Crippen LogP contribution < -0.4 is 14.5 Å². The van der Waals surface area contributed by atoms with Gasteiger partial charge in [-0.3, -0.25) is 0 Å². The van der Waals surface area contributed by atoms with Gasteiger partial charge < -0.3 is 28.8 Å². The third-order valence-electron chi connectivity index (χ3n) is 8.83. The Morgan fingerprint density at radius 1 is 1.24 bits per heavy atom. The van der Waals surface area contributed by atoms with Crippen molar-refractivity contribution in [1.29, 1.82) is 0 Å². The van der Waals surface area contributed by atoms with Gasteiger partial charge >= 0.3 is 5.97 Å². The molecule has 220 valence electrons. The third-order valence-corrected chi connectivity index (χ3v) is 9.26. The minimum atomic E-state index is -2.95. The number of anilines is 2. The molecule has 3 aliphatic rings. The zero-order chi connectivity index (χ0) is 29.2. The second-order valence-corrected chi connectivity index (χ2v) is 12.2. The van der Waals surface area contributed by atoms with Crippen molar-refractivity contribution < 1.29 is 32.6 Å². The number of para-hydroxylation sites is 1. The van der Waals surface area contributed by atoms with Gasteiger partial charge in [-0.05, 0) is 53.9 Å². The molecule has 3 atom stereocenters. The Hall–Kier alpha value is -3.58. The smallest absolute Gasteiger partial charge is 0.326 e. The number of alkyl halides is 2. The van der Waals surface area contributed by atoms with Crippen LogP contribution in [0.15, 0.2) is 45.4 Å². The number of halogens is 3. The highest BCUT2D eigenvalue weighted by Gasteiger charge is 2.49. The summed E-state index contributed by atoms with van der Waals surface area (Å²) in [6, 6.07) is 8.02. The van der Waals surface area contributed by atoms with Gasteiger partial charge in [0.15, 0.2) is 17.2 Å². The molecule has 7 rings (SSSR count). The number of benzene rings is 1. The molecular weight excluding hydrogens is 616 g/mol. The Labute approximate surface area is 247 Å². The fourth-order valence-corrected chi connectivity index (χ4v) is 6.84. The van der Waals surface area contributed by atoms with Crippen LogP contribution in [0.5, 0.6) is 5.88 Å². The predicted octanol–water partition coefficient (Wildman–Crippen LogP) is 5.59. The standard InChI is InChI=1S/C29H28BrF2N5O5/c1-15-29(13-40-14-29)7-4-8-36(15)19-9-16(30)11-33-27(19)41-17-10-20(28(38)39)37(12-17)26-23-22(34-25(35-26)24(31)32)18-5-2-3-6-21(18)42-23/h2-3,5-6,9,11,15,17,20,24H,4,7-8,10,12-14H2,1H3,(H,38,39)/t15-,17-,20-/m0/s1. The number of carboxylic acid groups (broad SMARTS) is 1. The molecule has 1 aromatic carbocycles. The fourth-order valence-electron chi connectivity index (χ4n) is 6.52. The van der Waals surface area contributed by atoms with Crippen LogP contribution in [0.25, 0.3) is 22.1 Å². The molecule has 3 fully saturated rings. The zero-order valence-corrected chi connectivity index (χ0v) is 24.3. The fraction of sp³-hybridized carbons (Fsp3) is 0.448. The first-order chi connectivity index (χ1) is 20.2. The molecule has 10 nitrogen and oxygen atoms in total. The van der Waals surface area contributed by atoms with Crippen molar-refractivity contribution in [1.82, 2.24) is 15.0 Å². The second kappa shape index (κ2) is 10.3. The van der Waals surface area contributed by atoms with Gasteiger partial charge in [-0.25, -0.2) is 28.5 Å². The molecule has 3 aliphatic heterocycles. The molecular formula is C29H28BrF2N5O5. The maximum atomic E-state index is 13.9. The number of carbonyl (C=O) groups is 1. The van der Waals surface area contributed by atoms with E-state index in [2.05, 4.69) is 42.7 Å². The number of hydrogen-bond acceptors (Lipinski definition) is 9. The van der Waals surface area contributed by atoms with E-state index in [0.717, 1.165) is 42.8 Å². The van der Waals surface area contributed by atoms with Gasteiger partial charge in [-0.1, -0.05) is 12.1 Å². The van der Waals surface area contributed by atoms with Crippen LogP contribution >= 0.6 is 15.9 Å². The van der Waals surface area contributed by atoms with E-state index < -0.39 is 30.4 Å². The van der Waals surface area contributed by atoms with Gasteiger partial charge in [0.1, 0.15) is 28.9 Å². The van der Waals surface area contributed by atoms with E-state index in [1.165, 1.54) is 4.90 Å². The van der Waals surface area contributed by atoms with Crippen LogP contribution in [0.2, 0.25) is 0 Å². The highest BCUT2D eigenvalue weighted by molar-refractivity contribution is 9.10. The summed E-state index contributed by atoms with van der Waals surface area (Å²) in [5.41, 5.74) is 1.72. The van der Waals surface area contributed by atoms with Gasteiger partial charge in [-0.15, -0.1) is 0 Å². The Balaban J connectivity index is 1.24. The molecule has 0 amide bonds. The summed E-state index contributed by atoms with van der Waals surface area (Å²) in [5.74, 6) is -1.42.